The van der Waals surface area contributed by atoms with Crippen molar-refractivity contribution in [3.63, 3.8) is 0 Å². The van der Waals surface area contributed by atoms with Crippen molar-refractivity contribution in [3.8, 4) is 90.7 Å². The van der Waals surface area contributed by atoms with Crippen LogP contribution in [0.4, 0.5) is 0 Å². The third kappa shape index (κ3) is 11.8. The van der Waals surface area contributed by atoms with Crippen molar-refractivity contribution in [2.75, 3.05) is 0 Å². The molecule has 0 fully saturated rings. The van der Waals surface area contributed by atoms with Gasteiger partial charge in [0.05, 0.1) is 56.2 Å². The third-order valence-corrected chi connectivity index (χ3v) is 20.7. The summed E-state index contributed by atoms with van der Waals surface area (Å²) in [5.41, 5.74) is 15.9. The van der Waals surface area contributed by atoms with E-state index in [2.05, 4.69) is 228 Å². The summed E-state index contributed by atoms with van der Waals surface area (Å²) in [7, 11) is 0. The summed E-state index contributed by atoms with van der Waals surface area (Å²) in [5, 5.41) is 21.2. The Hall–Kier alpha value is -15.1. The number of hydrogen-bond donors (Lipinski definition) is 0. The molecule has 22 rings (SSSR count). The van der Waals surface area contributed by atoms with Crippen molar-refractivity contribution in [2.24, 2.45) is 0 Å². The Kier molecular flexibility index (Phi) is 16.3. The van der Waals surface area contributed by atoms with E-state index in [4.69, 9.17) is 44.9 Å². The van der Waals surface area contributed by atoms with Gasteiger partial charge < -0.3 is 0 Å². The number of pyridine rings is 8. The molecule has 0 aliphatic heterocycles. The average molecular weight is 1400 g/mol. The molecule has 0 spiro atoms. The molecule has 11 nitrogen and oxygen atoms in total. The Balaban J connectivity index is 0.000000109. The van der Waals surface area contributed by atoms with E-state index in [-0.39, 0.29) is 0 Å². The molecule has 0 saturated heterocycles. The molecular formula is C99H61N11. The van der Waals surface area contributed by atoms with Gasteiger partial charge in [-0.15, -0.1) is 0 Å². The zero-order valence-corrected chi connectivity index (χ0v) is 59.1. The van der Waals surface area contributed by atoms with Crippen molar-refractivity contribution in [2.45, 2.75) is 0 Å². The minimum Gasteiger partial charge on any atom is -0.256 e. The quantitative estimate of drug-likeness (QED) is 0.134. The predicted octanol–water partition coefficient (Wildman–Crippen LogP) is 24.4. The van der Waals surface area contributed by atoms with Crippen LogP contribution in [0.2, 0.25) is 0 Å². The smallest absolute Gasteiger partial charge is 0.182 e. The van der Waals surface area contributed by atoms with Crippen LogP contribution in [0, 0.1) is 0 Å². The van der Waals surface area contributed by atoms with Crippen LogP contribution in [0.15, 0.2) is 371 Å². The molecule has 9 heterocycles. The highest BCUT2D eigenvalue weighted by Gasteiger charge is 2.20. The molecule has 512 valence electrons. The third-order valence-electron chi connectivity index (χ3n) is 20.7. The fraction of sp³-hybridized carbons (Fsp3) is 0. The van der Waals surface area contributed by atoms with Gasteiger partial charge in [-0.05, 0) is 110 Å². The molecule has 22 aromatic rings. The second-order valence-corrected chi connectivity index (χ2v) is 27.2. The van der Waals surface area contributed by atoms with Crippen molar-refractivity contribution >= 4 is 119 Å². The molecule has 13 aromatic carbocycles. The molecule has 110 heavy (non-hydrogen) atoms. The summed E-state index contributed by atoms with van der Waals surface area (Å²) in [6, 6.07) is 117. The molecule has 0 aliphatic carbocycles. The standard InChI is InChI=1S/C37H23N5.2C31H19N3/c1-3-12-25(13-4-1)35-40-36(26-14-5-2-6-15-26)42-37(41-35)32-22-20-27(23-38-32)34-30-21-19-24-11-7-8-16-28(24)33(30)29-17-9-10-18-31(29)39-34;1-3-9-23-20(7-1)13-15-26-29(23)25-11-5-6-12-27(25)34-31(26)28-16-14-22(19-33-28)30-24-10-4-2-8-21(24)17-18-32-30;1-2-8-23-20(7-1)14-16-26-30(23)25-9-3-4-12-28(25)34-31(26)29-17-15-21(19-33-29)22-10-5-13-27-24(22)11-6-18-32-27/h1-23H;2*1-19H. The normalized spacial score (nSPS) is 11.5. The van der Waals surface area contributed by atoms with Crippen molar-refractivity contribution < 1.29 is 0 Å². The highest BCUT2D eigenvalue weighted by molar-refractivity contribution is 6.25. The zero-order chi connectivity index (χ0) is 72.9. The first-order valence-electron chi connectivity index (χ1n) is 36.6. The Morgan fingerprint density at radius 2 is 0.545 bits per heavy atom. The average Bonchev–Trinajstić information content (AvgIpc) is 0.748. The molecule has 0 radical (unpaired) electrons. The lowest BCUT2D eigenvalue weighted by atomic mass is 9.95. The predicted molar refractivity (Wildman–Crippen MR) is 451 cm³/mol. The number of rotatable bonds is 8. The number of para-hydroxylation sites is 3. The van der Waals surface area contributed by atoms with Gasteiger partial charge in [0.2, 0.25) is 0 Å². The van der Waals surface area contributed by atoms with Crippen LogP contribution in [0.5, 0.6) is 0 Å². The maximum atomic E-state index is 5.11. The number of fused-ring (bicyclic) bond motifs is 17. The molecular weight excluding hydrogens is 1340 g/mol. The number of nitrogens with zero attached hydrogens (tertiary/aromatic N) is 11. The lowest BCUT2D eigenvalue weighted by Gasteiger charge is -2.13. The summed E-state index contributed by atoms with van der Waals surface area (Å²) in [6.07, 6.45) is 9.41. The number of hydrogen-bond acceptors (Lipinski definition) is 11. The summed E-state index contributed by atoms with van der Waals surface area (Å²) >= 11 is 0. The Bertz CT molecular complexity index is 6930. The zero-order valence-electron chi connectivity index (χ0n) is 59.1. The first kappa shape index (κ1) is 64.5. The second kappa shape index (κ2) is 27.8. The highest BCUT2D eigenvalue weighted by atomic mass is 15.0. The Morgan fingerprint density at radius 1 is 0.164 bits per heavy atom. The van der Waals surface area contributed by atoms with Gasteiger partial charge in [-0.3, -0.25) is 24.9 Å². The highest BCUT2D eigenvalue weighted by Crippen LogP contribution is 2.42. The molecule has 0 atom stereocenters. The monoisotopic (exact) mass is 1400 g/mol. The van der Waals surface area contributed by atoms with Crippen LogP contribution < -0.4 is 0 Å². The summed E-state index contributed by atoms with van der Waals surface area (Å²) in [4.78, 5) is 53.4. The molecule has 0 unspecified atom stereocenters. The van der Waals surface area contributed by atoms with E-state index < -0.39 is 0 Å². The fourth-order valence-electron chi connectivity index (χ4n) is 15.4. The van der Waals surface area contributed by atoms with Crippen LogP contribution in [0.3, 0.4) is 0 Å². The van der Waals surface area contributed by atoms with E-state index in [0.717, 1.165) is 133 Å². The van der Waals surface area contributed by atoms with Crippen molar-refractivity contribution in [3.05, 3.63) is 371 Å². The molecule has 0 amide bonds. The summed E-state index contributed by atoms with van der Waals surface area (Å²) in [5.74, 6) is 1.75. The SMILES string of the molecule is c1ccc(-c2nc(-c3ccccc3)nc(-c3ccc(-c4nc5ccccc5c5c4ccc4ccccc45)cn3)n2)cc1.c1ccc2c(-c3ccc(-c4nc5ccccc5c5c4ccc4ccccc45)nc3)nccc2c1.c1ccc2c(c1)ccc1c(-c3ccc(-c4cccc5ncccc45)cn3)nc3ccccc3c12. The lowest BCUT2D eigenvalue weighted by molar-refractivity contribution is 1.06. The van der Waals surface area contributed by atoms with Crippen LogP contribution in [-0.4, -0.2) is 54.8 Å². The van der Waals surface area contributed by atoms with Crippen LogP contribution in [0.1, 0.15) is 0 Å². The van der Waals surface area contributed by atoms with Gasteiger partial charge in [-0.25, -0.2) is 29.9 Å². The molecule has 11 heteroatoms. The van der Waals surface area contributed by atoms with Crippen LogP contribution >= 0.6 is 0 Å². The first-order valence-corrected chi connectivity index (χ1v) is 36.6. The minimum absolute atomic E-state index is 0.525. The van der Waals surface area contributed by atoms with Gasteiger partial charge in [-0.2, -0.15) is 0 Å². The largest absolute Gasteiger partial charge is 0.256 e. The first-order chi connectivity index (χ1) is 54.5. The van der Waals surface area contributed by atoms with E-state index in [9.17, 15) is 0 Å². The topological polar surface area (TPSA) is 142 Å². The van der Waals surface area contributed by atoms with E-state index >= 15 is 0 Å². The molecule has 9 aromatic heterocycles. The number of aromatic nitrogens is 11. The van der Waals surface area contributed by atoms with E-state index in [1.165, 1.54) is 53.9 Å². The van der Waals surface area contributed by atoms with E-state index in [1.807, 2.05) is 152 Å². The number of benzene rings is 13. The molecule has 0 bridgehead atoms. The summed E-state index contributed by atoms with van der Waals surface area (Å²) < 4.78 is 0. The van der Waals surface area contributed by atoms with Gasteiger partial charge in [0, 0.05) is 118 Å². The van der Waals surface area contributed by atoms with E-state index in [0.29, 0.717) is 23.2 Å². The fourth-order valence-corrected chi connectivity index (χ4v) is 15.4. The molecule has 0 N–H and O–H groups in total. The van der Waals surface area contributed by atoms with Gasteiger partial charge >= 0.3 is 0 Å². The van der Waals surface area contributed by atoms with Crippen molar-refractivity contribution in [1.82, 2.24) is 54.8 Å². The summed E-state index contributed by atoms with van der Waals surface area (Å²) in [6.45, 7) is 0. The van der Waals surface area contributed by atoms with Crippen LogP contribution in [-0.2, 0) is 0 Å². The van der Waals surface area contributed by atoms with Gasteiger partial charge in [0.1, 0.15) is 5.69 Å². The lowest BCUT2D eigenvalue weighted by Crippen LogP contribution is -2.01. The van der Waals surface area contributed by atoms with Gasteiger partial charge in [0.25, 0.3) is 0 Å². The maximum Gasteiger partial charge on any atom is 0.182 e. The van der Waals surface area contributed by atoms with Crippen molar-refractivity contribution in [1.29, 1.82) is 0 Å². The minimum atomic E-state index is 0.525. The Morgan fingerprint density at radius 3 is 1.04 bits per heavy atom. The van der Waals surface area contributed by atoms with E-state index in [1.54, 1.807) is 0 Å². The molecule has 0 aliphatic rings. The van der Waals surface area contributed by atoms with Crippen LogP contribution in [0.25, 0.3) is 210 Å². The van der Waals surface area contributed by atoms with Gasteiger partial charge in [0.15, 0.2) is 17.5 Å². The molecule has 0 saturated carbocycles. The van der Waals surface area contributed by atoms with Gasteiger partial charge in [-0.1, -0.05) is 273 Å². The second-order valence-electron chi connectivity index (χ2n) is 27.2. The Labute approximate surface area is 631 Å². The maximum absolute atomic E-state index is 5.11.